The van der Waals surface area contributed by atoms with Gasteiger partial charge in [-0.05, 0) is 24.5 Å². The standard InChI is InChI=1S/C9H10ClNS/c10-7-3-6-4-11-5-9(1-2-9)8(6)12-7/h3,11H,1-2,4-5H2. The number of hydrogen-bond acceptors (Lipinski definition) is 2. The first-order chi connectivity index (χ1) is 5.80. The molecule has 0 bridgehead atoms. The molecule has 0 atom stereocenters. The molecule has 0 unspecified atom stereocenters. The summed E-state index contributed by atoms with van der Waals surface area (Å²) in [6, 6.07) is 2.12. The topological polar surface area (TPSA) is 12.0 Å². The molecule has 2 heterocycles. The van der Waals surface area contributed by atoms with E-state index in [2.05, 4.69) is 11.4 Å². The van der Waals surface area contributed by atoms with E-state index in [1.807, 2.05) is 0 Å². The van der Waals surface area contributed by atoms with Gasteiger partial charge < -0.3 is 5.32 Å². The van der Waals surface area contributed by atoms with Crippen LogP contribution in [-0.4, -0.2) is 6.54 Å². The summed E-state index contributed by atoms with van der Waals surface area (Å²) in [5, 5.41) is 3.46. The molecule has 3 heteroatoms. The van der Waals surface area contributed by atoms with Gasteiger partial charge in [0.05, 0.1) is 4.34 Å². The second-order valence-corrected chi connectivity index (χ2v) is 5.47. The molecule has 1 saturated carbocycles. The number of nitrogens with one attached hydrogen (secondary N) is 1. The summed E-state index contributed by atoms with van der Waals surface area (Å²) in [5.41, 5.74) is 1.94. The summed E-state index contributed by atoms with van der Waals surface area (Å²) >= 11 is 7.78. The van der Waals surface area contributed by atoms with Crippen LogP contribution in [0, 0.1) is 0 Å². The Morgan fingerprint density at radius 1 is 1.50 bits per heavy atom. The first-order valence-corrected chi connectivity index (χ1v) is 5.49. The van der Waals surface area contributed by atoms with Crippen molar-refractivity contribution in [3.63, 3.8) is 0 Å². The number of thiophene rings is 1. The van der Waals surface area contributed by atoms with Crippen LogP contribution in [0.25, 0.3) is 0 Å². The van der Waals surface area contributed by atoms with Crippen molar-refractivity contribution in [2.24, 2.45) is 0 Å². The highest BCUT2D eigenvalue weighted by Crippen LogP contribution is 2.53. The normalized spacial score (nSPS) is 24.1. The molecule has 3 rings (SSSR count). The van der Waals surface area contributed by atoms with Crippen LogP contribution in [0.3, 0.4) is 0 Å². The molecule has 0 amide bonds. The van der Waals surface area contributed by atoms with E-state index in [0.717, 1.165) is 17.4 Å². The van der Waals surface area contributed by atoms with Crippen LogP contribution < -0.4 is 5.32 Å². The average Bonchev–Trinajstić information content (AvgIpc) is 2.68. The maximum absolute atomic E-state index is 6.00. The van der Waals surface area contributed by atoms with Crippen molar-refractivity contribution in [1.29, 1.82) is 0 Å². The molecule has 1 N–H and O–H groups in total. The van der Waals surface area contributed by atoms with Crippen LogP contribution in [-0.2, 0) is 12.0 Å². The van der Waals surface area contributed by atoms with Gasteiger partial charge in [0.2, 0.25) is 0 Å². The molecule has 0 radical (unpaired) electrons. The van der Waals surface area contributed by atoms with E-state index in [9.17, 15) is 0 Å². The zero-order valence-electron chi connectivity index (χ0n) is 6.69. The molecule has 0 saturated heterocycles. The Kier molecular flexibility index (Phi) is 1.38. The molecule has 1 fully saturated rings. The minimum Gasteiger partial charge on any atom is -0.312 e. The zero-order chi connectivity index (χ0) is 8.18. The SMILES string of the molecule is Clc1cc2c(s1)C1(CC1)CNC2. The van der Waals surface area contributed by atoms with Crippen LogP contribution in [0.2, 0.25) is 4.34 Å². The number of halogens is 1. The van der Waals surface area contributed by atoms with Gasteiger partial charge in [-0.1, -0.05) is 11.6 Å². The molecule has 2 aliphatic rings. The maximum atomic E-state index is 6.00. The van der Waals surface area contributed by atoms with Crippen molar-refractivity contribution in [3.8, 4) is 0 Å². The highest BCUT2D eigenvalue weighted by Gasteiger charge is 2.48. The van der Waals surface area contributed by atoms with Gasteiger partial charge in [-0.2, -0.15) is 0 Å². The summed E-state index contributed by atoms with van der Waals surface area (Å²) in [7, 11) is 0. The van der Waals surface area contributed by atoms with Gasteiger partial charge in [-0.25, -0.2) is 0 Å². The van der Waals surface area contributed by atoms with E-state index < -0.39 is 0 Å². The third-order valence-electron chi connectivity index (χ3n) is 2.89. The van der Waals surface area contributed by atoms with Crippen molar-refractivity contribution in [3.05, 3.63) is 20.8 Å². The smallest absolute Gasteiger partial charge is 0.0934 e. The van der Waals surface area contributed by atoms with Gasteiger partial charge >= 0.3 is 0 Å². The van der Waals surface area contributed by atoms with Crippen molar-refractivity contribution >= 4 is 22.9 Å². The van der Waals surface area contributed by atoms with E-state index in [4.69, 9.17) is 11.6 Å². The summed E-state index contributed by atoms with van der Waals surface area (Å²) in [5.74, 6) is 0. The third kappa shape index (κ3) is 0.889. The monoisotopic (exact) mass is 199 g/mol. The second-order valence-electron chi connectivity index (χ2n) is 3.79. The van der Waals surface area contributed by atoms with Gasteiger partial charge in [0, 0.05) is 23.4 Å². The van der Waals surface area contributed by atoms with Crippen LogP contribution in [0.15, 0.2) is 6.07 Å². The van der Waals surface area contributed by atoms with Gasteiger partial charge in [0.1, 0.15) is 0 Å². The van der Waals surface area contributed by atoms with Gasteiger partial charge in [0.15, 0.2) is 0 Å². The minimum absolute atomic E-state index is 0.505. The lowest BCUT2D eigenvalue weighted by Crippen LogP contribution is -2.31. The Hall–Kier alpha value is -0.0500. The van der Waals surface area contributed by atoms with E-state index >= 15 is 0 Å². The van der Waals surface area contributed by atoms with Crippen molar-refractivity contribution in [1.82, 2.24) is 5.32 Å². The molecule has 64 valence electrons. The van der Waals surface area contributed by atoms with Crippen LogP contribution in [0.1, 0.15) is 23.3 Å². The predicted octanol–water partition coefficient (Wildman–Crippen LogP) is 2.54. The van der Waals surface area contributed by atoms with Crippen molar-refractivity contribution < 1.29 is 0 Å². The number of hydrogen-bond donors (Lipinski definition) is 1. The van der Waals surface area contributed by atoms with Crippen molar-refractivity contribution in [2.45, 2.75) is 24.8 Å². The van der Waals surface area contributed by atoms with Crippen LogP contribution in [0.5, 0.6) is 0 Å². The largest absolute Gasteiger partial charge is 0.312 e. The molecule has 1 spiro atoms. The number of fused-ring (bicyclic) bond motifs is 2. The average molecular weight is 200 g/mol. The Morgan fingerprint density at radius 3 is 3.08 bits per heavy atom. The van der Waals surface area contributed by atoms with E-state index in [0.29, 0.717) is 5.41 Å². The number of rotatable bonds is 0. The van der Waals surface area contributed by atoms with Gasteiger partial charge in [-0.15, -0.1) is 11.3 Å². The Labute approximate surface area is 80.7 Å². The van der Waals surface area contributed by atoms with Gasteiger partial charge in [-0.3, -0.25) is 0 Å². The quantitative estimate of drug-likeness (QED) is 0.677. The lowest BCUT2D eigenvalue weighted by molar-refractivity contribution is 0.541. The van der Waals surface area contributed by atoms with Crippen LogP contribution in [0.4, 0.5) is 0 Å². The lowest BCUT2D eigenvalue weighted by atomic mass is 9.97. The molecule has 1 aliphatic heterocycles. The molecule has 1 aromatic rings. The highest BCUT2D eigenvalue weighted by atomic mass is 35.5. The predicted molar refractivity (Wildman–Crippen MR) is 51.9 cm³/mol. The Balaban J connectivity index is 2.15. The third-order valence-corrected chi connectivity index (χ3v) is 4.45. The fourth-order valence-electron chi connectivity index (χ4n) is 2.05. The van der Waals surface area contributed by atoms with Crippen LogP contribution >= 0.6 is 22.9 Å². The Bertz CT molecular complexity index is 327. The summed E-state index contributed by atoms with van der Waals surface area (Å²) in [6.45, 7) is 2.18. The molecular formula is C9H10ClNS. The lowest BCUT2D eigenvalue weighted by Gasteiger charge is -2.22. The van der Waals surface area contributed by atoms with E-state index in [1.165, 1.54) is 18.4 Å². The summed E-state index contributed by atoms with van der Waals surface area (Å²) in [6.07, 6.45) is 2.70. The molecule has 0 aromatic carbocycles. The minimum atomic E-state index is 0.505. The fourth-order valence-corrected chi connectivity index (χ4v) is 3.56. The summed E-state index contributed by atoms with van der Waals surface area (Å²) in [4.78, 5) is 1.56. The molecule has 1 aromatic heterocycles. The van der Waals surface area contributed by atoms with Crippen molar-refractivity contribution in [2.75, 3.05) is 6.54 Å². The van der Waals surface area contributed by atoms with E-state index in [-0.39, 0.29) is 0 Å². The summed E-state index contributed by atoms with van der Waals surface area (Å²) < 4.78 is 0.954. The molecule has 12 heavy (non-hydrogen) atoms. The zero-order valence-corrected chi connectivity index (χ0v) is 8.26. The molecule has 1 nitrogen and oxygen atoms in total. The van der Waals surface area contributed by atoms with Gasteiger partial charge in [0.25, 0.3) is 0 Å². The first kappa shape index (κ1) is 7.36. The molecule has 1 aliphatic carbocycles. The highest BCUT2D eigenvalue weighted by molar-refractivity contribution is 7.16. The molecular weight excluding hydrogens is 190 g/mol. The second kappa shape index (κ2) is 2.25. The maximum Gasteiger partial charge on any atom is 0.0934 e. The Morgan fingerprint density at radius 2 is 2.33 bits per heavy atom. The first-order valence-electron chi connectivity index (χ1n) is 4.30. The van der Waals surface area contributed by atoms with E-state index in [1.54, 1.807) is 16.2 Å². The fraction of sp³-hybridized carbons (Fsp3) is 0.556.